The molecule has 0 bridgehead atoms. The van der Waals surface area contributed by atoms with Crippen molar-refractivity contribution in [1.82, 2.24) is 14.9 Å². The fraction of sp³-hybridized carbons (Fsp3) is 0.400. The third-order valence-electron chi connectivity index (χ3n) is 1.92. The number of carbonyl (C=O) groups excluding carboxylic acids is 1. The van der Waals surface area contributed by atoms with Crippen LogP contribution in [0.2, 0.25) is 0 Å². The maximum absolute atomic E-state index is 11.8. The summed E-state index contributed by atoms with van der Waals surface area (Å²) in [4.78, 5) is 15.2. The number of carbonyl (C=O) groups is 1. The Hall–Kier alpha value is -1.72. The van der Waals surface area contributed by atoms with Crippen LogP contribution in [0.15, 0.2) is 24.7 Å². The van der Waals surface area contributed by atoms with Crippen molar-refractivity contribution in [2.24, 2.45) is 7.05 Å². The van der Waals surface area contributed by atoms with Crippen molar-refractivity contribution in [1.29, 1.82) is 0 Å². The zero-order valence-corrected chi connectivity index (χ0v) is 9.02. The van der Waals surface area contributed by atoms with Gasteiger partial charge in [0.25, 0.3) is 6.43 Å². The lowest BCUT2D eigenvalue weighted by atomic mass is 10.2. The highest BCUT2D eigenvalue weighted by Gasteiger charge is 2.10. The molecule has 0 saturated heterocycles. The van der Waals surface area contributed by atoms with Gasteiger partial charge < -0.3 is 9.88 Å². The predicted molar refractivity (Wildman–Crippen MR) is 54.9 cm³/mol. The SMILES string of the molecule is CC(NC(=O)/C=C/C(F)F)c1cn(C)cn1. The predicted octanol–water partition coefficient (Wildman–Crippen LogP) is 1.42. The summed E-state index contributed by atoms with van der Waals surface area (Å²) in [6.45, 7) is 1.73. The van der Waals surface area contributed by atoms with Crippen LogP contribution in [-0.2, 0) is 11.8 Å². The quantitative estimate of drug-likeness (QED) is 0.794. The highest BCUT2D eigenvalue weighted by molar-refractivity contribution is 5.87. The summed E-state index contributed by atoms with van der Waals surface area (Å²) in [6.07, 6.45) is 2.11. The minimum Gasteiger partial charge on any atom is -0.344 e. The van der Waals surface area contributed by atoms with Crippen molar-refractivity contribution in [2.75, 3.05) is 0 Å². The molecule has 1 aromatic heterocycles. The van der Waals surface area contributed by atoms with Crippen LogP contribution in [0, 0.1) is 0 Å². The molecule has 0 aliphatic rings. The van der Waals surface area contributed by atoms with E-state index >= 15 is 0 Å². The molecule has 4 nitrogen and oxygen atoms in total. The molecule has 0 spiro atoms. The molecule has 1 N–H and O–H groups in total. The molecule has 0 aliphatic carbocycles. The fourth-order valence-corrected chi connectivity index (χ4v) is 1.15. The lowest BCUT2D eigenvalue weighted by molar-refractivity contribution is -0.117. The Morgan fingerprint density at radius 2 is 2.31 bits per heavy atom. The molecule has 1 amide bonds. The zero-order valence-electron chi connectivity index (χ0n) is 9.02. The summed E-state index contributed by atoms with van der Waals surface area (Å²) >= 11 is 0. The first kappa shape index (κ1) is 12.4. The number of nitrogens with one attached hydrogen (secondary N) is 1. The molecule has 16 heavy (non-hydrogen) atoms. The van der Waals surface area contributed by atoms with E-state index < -0.39 is 12.3 Å². The molecule has 1 unspecified atom stereocenters. The largest absolute Gasteiger partial charge is 0.344 e. The van der Waals surface area contributed by atoms with Crippen LogP contribution >= 0.6 is 0 Å². The van der Waals surface area contributed by atoms with Crippen molar-refractivity contribution in [2.45, 2.75) is 19.4 Å². The molecule has 6 heteroatoms. The van der Waals surface area contributed by atoms with Crippen molar-refractivity contribution in [3.05, 3.63) is 30.4 Å². The lowest BCUT2D eigenvalue weighted by Crippen LogP contribution is -2.25. The molecule has 1 atom stereocenters. The van der Waals surface area contributed by atoms with Gasteiger partial charge in [-0.2, -0.15) is 0 Å². The first-order valence-electron chi connectivity index (χ1n) is 4.73. The van der Waals surface area contributed by atoms with E-state index in [1.807, 2.05) is 7.05 Å². The number of hydrogen-bond donors (Lipinski definition) is 1. The summed E-state index contributed by atoms with van der Waals surface area (Å²) in [7, 11) is 1.81. The van der Waals surface area contributed by atoms with Gasteiger partial charge in [0.15, 0.2) is 0 Å². The van der Waals surface area contributed by atoms with Crippen molar-refractivity contribution >= 4 is 5.91 Å². The van der Waals surface area contributed by atoms with Gasteiger partial charge in [-0.3, -0.25) is 4.79 Å². The van der Waals surface area contributed by atoms with E-state index in [0.29, 0.717) is 11.8 Å². The normalized spacial score (nSPS) is 13.3. The number of halogens is 2. The van der Waals surface area contributed by atoms with Crippen LogP contribution in [0.1, 0.15) is 18.7 Å². The van der Waals surface area contributed by atoms with Gasteiger partial charge in [-0.1, -0.05) is 0 Å². The molecule has 0 radical (unpaired) electrons. The Kier molecular flexibility index (Phi) is 4.16. The minimum atomic E-state index is -2.61. The third-order valence-corrected chi connectivity index (χ3v) is 1.92. The number of rotatable bonds is 4. The summed E-state index contributed by atoms with van der Waals surface area (Å²) in [5.74, 6) is -0.557. The zero-order chi connectivity index (χ0) is 12.1. The Morgan fingerprint density at radius 3 is 2.81 bits per heavy atom. The van der Waals surface area contributed by atoms with E-state index in [2.05, 4.69) is 10.3 Å². The number of amides is 1. The van der Waals surface area contributed by atoms with Gasteiger partial charge >= 0.3 is 0 Å². The van der Waals surface area contributed by atoms with Crippen LogP contribution < -0.4 is 5.32 Å². The Bertz CT molecular complexity index is 387. The number of aryl methyl sites for hydroxylation is 1. The smallest absolute Gasteiger partial charge is 0.257 e. The van der Waals surface area contributed by atoms with Gasteiger partial charge in [0.1, 0.15) is 0 Å². The van der Waals surface area contributed by atoms with Crippen LogP contribution in [-0.4, -0.2) is 21.9 Å². The summed E-state index contributed by atoms with van der Waals surface area (Å²) in [5.41, 5.74) is 0.682. The Labute approximate surface area is 92.0 Å². The van der Waals surface area contributed by atoms with Gasteiger partial charge in [-0.15, -0.1) is 0 Å². The maximum Gasteiger partial charge on any atom is 0.257 e. The highest BCUT2D eigenvalue weighted by atomic mass is 19.3. The number of hydrogen-bond acceptors (Lipinski definition) is 2. The van der Waals surface area contributed by atoms with Crippen molar-refractivity contribution in [3.63, 3.8) is 0 Å². The molecule has 1 heterocycles. The van der Waals surface area contributed by atoms with Gasteiger partial charge in [-0.25, -0.2) is 13.8 Å². The minimum absolute atomic E-state index is 0.309. The molecule has 0 aromatic carbocycles. The van der Waals surface area contributed by atoms with Crippen LogP contribution in [0.4, 0.5) is 8.78 Å². The van der Waals surface area contributed by atoms with Gasteiger partial charge in [0, 0.05) is 19.3 Å². The number of alkyl halides is 2. The molecule has 1 rings (SSSR count). The van der Waals surface area contributed by atoms with Crippen LogP contribution in [0.25, 0.3) is 0 Å². The summed E-state index contributed by atoms with van der Waals surface area (Å²) < 4.78 is 25.3. The molecule has 0 saturated carbocycles. The van der Waals surface area contributed by atoms with E-state index in [1.54, 1.807) is 24.0 Å². The average molecular weight is 229 g/mol. The van der Waals surface area contributed by atoms with Crippen molar-refractivity contribution < 1.29 is 13.6 Å². The molecule has 0 aliphatic heterocycles. The van der Waals surface area contributed by atoms with E-state index in [-0.39, 0.29) is 6.04 Å². The van der Waals surface area contributed by atoms with Crippen LogP contribution in [0.5, 0.6) is 0 Å². The Balaban J connectivity index is 2.51. The Morgan fingerprint density at radius 1 is 1.62 bits per heavy atom. The second-order valence-corrected chi connectivity index (χ2v) is 3.39. The highest BCUT2D eigenvalue weighted by Crippen LogP contribution is 2.08. The van der Waals surface area contributed by atoms with Gasteiger partial charge in [0.2, 0.25) is 5.91 Å². The monoisotopic (exact) mass is 229 g/mol. The first-order chi connectivity index (χ1) is 7.49. The first-order valence-corrected chi connectivity index (χ1v) is 4.73. The average Bonchev–Trinajstić information content (AvgIpc) is 2.62. The molecular formula is C10H13F2N3O. The number of nitrogens with zero attached hydrogens (tertiary/aromatic N) is 2. The van der Waals surface area contributed by atoms with E-state index in [1.165, 1.54) is 0 Å². The van der Waals surface area contributed by atoms with E-state index in [9.17, 15) is 13.6 Å². The fourth-order valence-electron chi connectivity index (χ4n) is 1.15. The third kappa shape index (κ3) is 3.80. The van der Waals surface area contributed by atoms with E-state index in [4.69, 9.17) is 0 Å². The second kappa shape index (κ2) is 5.39. The van der Waals surface area contributed by atoms with Gasteiger partial charge in [-0.05, 0) is 13.0 Å². The molecule has 0 fully saturated rings. The number of allylic oxidation sites excluding steroid dienone is 1. The summed E-state index contributed by atoms with van der Waals surface area (Å²) in [6, 6.07) is -0.309. The molecule has 88 valence electrons. The lowest BCUT2D eigenvalue weighted by Gasteiger charge is -2.09. The van der Waals surface area contributed by atoms with Gasteiger partial charge in [0.05, 0.1) is 18.1 Å². The topological polar surface area (TPSA) is 46.9 Å². The van der Waals surface area contributed by atoms with Crippen molar-refractivity contribution in [3.8, 4) is 0 Å². The molecule has 1 aromatic rings. The van der Waals surface area contributed by atoms with Crippen LogP contribution in [0.3, 0.4) is 0 Å². The second-order valence-electron chi connectivity index (χ2n) is 3.39. The standard InChI is InChI=1S/C10H13F2N3O/c1-7(8-5-15(2)6-13-8)14-10(16)4-3-9(11)12/h3-7,9H,1-2H3,(H,14,16)/b4-3+. The maximum atomic E-state index is 11.8. The number of imidazole rings is 1. The summed E-state index contributed by atoms with van der Waals surface area (Å²) in [5, 5.41) is 2.53. The number of aromatic nitrogens is 2. The van der Waals surface area contributed by atoms with E-state index in [0.717, 1.165) is 6.08 Å². The molecular weight excluding hydrogens is 216 g/mol.